The van der Waals surface area contributed by atoms with Crippen molar-refractivity contribution >= 4 is 17.5 Å². The average Bonchev–Trinajstić information content (AvgIpc) is 2.65. The fourth-order valence-electron chi connectivity index (χ4n) is 1.83. The molecule has 0 N–H and O–H groups in total. The first-order chi connectivity index (χ1) is 6.81. The van der Waals surface area contributed by atoms with Gasteiger partial charge in [-0.3, -0.25) is 0 Å². The lowest BCUT2D eigenvalue weighted by Gasteiger charge is -2.22. The maximum Gasteiger partial charge on any atom is 0.225 e. The molecule has 1 saturated heterocycles. The average molecular weight is 212 g/mol. The molecule has 1 unspecified atom stereocenters. The third-order valence-electron chi connectivity index (χ3n) is 2.59. The van der Waals surface area contributed by atoms with Crippen LogP contribution in [0.25, 0.3) is 0 Å². The Labute approximate surface area is 89.1 Å². The lowest BCUT2D eigenvalue weighted by molar-refractivity contribution is 0.721. The smallest absolute Gasteiger partial charge is 0.225 e. The molecule has 14 heavy (non-hydrogen) atoms. The monoisotopic (exact) mass is 211 g/mol. The Morgan fingerprint density at radius 1 is 1.64 bits per heavy atom. The summed E-state index contributed by atoms with van der Waals surface area (Å²) in [5, 5.41) is 0. The van der Waals surface area contributed by atoms with E-state index in [4.69, 9.17) is 11.6 Å². The Balaban J connectivity index is 2.21. The first-order valence-corrected chi connectivity index (χ1v) is 5.47. The summed E-state index contributed by atoms with van der Waals surface area (Å²) in [6, 6.07) is 2.33. The highest BCUT2D eigenvalue weighted by Gasteiger charge is 2.25. The second kappa shape index (κ2) is 4.13. The SMILES string of the molecule is Cc1ccnc(N2CCCC2CCl)n1. The highest BCUT2D eigenvalue weighted by molar-refractivity contribution is 6.18. The molecule has 1 aliphatic rings. The summed E-state index contributed by atoms with van der Waals surface area (Å²) in [5.74, 6) is 1.49. The number of hydrogen-bond acceptors (Lipinski definition) is 3. The van der Waals surface area contributed by atoms with Crippen LogP contribution >= 0.6 is 11.6 Å². The van der Waals surface area contributed by atoms with Gasteiger partial charge in [0.1, 0.15) is 0 Å². The fraction of sp³-hybridized carbons (Fsp3) is 0.600. The molecule has 1 aliphatic heterocycles. The summed E-state index contributed by atoms with van der Waals surface area (Å²) in [4.78, 5) is 10.9. The molecule has 0 radical (unpaired) electrons. The summed E-state index contributed by atoms with van der Waals surface area (Å²) in [7, 11) is 0. The Morgan fingerprint density at radius 3 is 3.21 bits per heavy atom. The standard InChI is InChI=1S/C10H14ClN3/c1-8-4-5-12-10(13-8)14-6-2-3-9(14)7-11/h4-5,9H,2-3,6-7H2,1H3. The number of alkyl halides is 1. The number of nitrogens with zero attached hydrogens (tertiary/aromatic N) is 3. The minimum atomic E-state index is 0.415. The van der Waals surface area contributed by atoms with Gasteiger partial charge < -0.3 is 4.90 Å². The first kappa shape index (κ1) is 9.71. The normalized spacial score (nSPS) is 21.6. The van der Waals surface area contributed by atoms with Gasteiger partial charge in [0.15, 0.2) is 0 Å². The number of hydrogen-bond donors (Lipinski definition) is 0. The van der Waals surface area contributed by atoms with Crippen molar-refractivity contribution in [2.24, 2.45) is 0 Å². The fourth-order valence-corrected chi connectivity index (χ4v) is 2.15. The molecule has 4 heteroatoms. The number of aromatic nitrogens is 2. The van der Waals surface area contributed by atoms with E-state index in [9.17, 15) is 0 Å². The highest BCUT2D eigenvalue weighted by Crippen LogP contribution is 2.22. The molecule has 1 aromatic rings. The summed E-state index contributed by atoms with van der Waals surface area (Å²) < 4.78 is 0. The highest BCUT2D eigenvalue weighted by atomic mass is 35.5. The Bertz CT molecular complexity index is 316. The van der Waals surface area contributed by atoms with E-state index >= 15 is 0 Å². The molecular weight excluding hydrogens is 198 g/mol. The van der Waals surface area contributed by atoms with Crippen molar-refractivity contribution in [1.29, 1.82) is 0 Å². The van der Waals surface area contributed by atoms with Gasteiger partial charge in [0.2, 0.25) is 5.95 Å². The van der Waals surface area contributed by atoms with Crippen LogP contribution in [-0.4, -0.2) is 28.4 Å². The largest absolute Gasteiger partial charge is 0.337 e. The zero-order valence-electron chi connectivity index (χ0n) is 8.28. The minimum absolute atomic E-state index is 0.415. The van der Waals surface area contributed by atoms with E-state index in [1.807, 2.05) is 13.0 Å². The second-order valence-electron chi connectivity index (χ2n) is 3.64. The molecule has 2 heterocycles. The van der Waals surface area contributed by atoms with Crippen LogP contribution in [0.4, 0.5) is 5.95 Å². The van der Waals surface area contributed by atoms with E-state index in [0.29, 0.717) is 11.9 Å². The van der Waals surface area contributed by atoms with Gasteiger partial charge in [0.05, 0.1) is 0 Å². The molecular formula is C10H14ClN3. The Morgan fingerprint density at radius 2 is 2.50 bits per heavy atom. The van der Waals surface area contributed by atoms with Crippen LogP contribution in [0.1, 0.15) is 18.5 Å². The quantitative estimate of drug-likeness (QED) is 0.701. The minimum Gasteiger partial charge on any atom is -0.337 e. The van der Waals surface area contributed by atoms with Crippen molar-refractivity contribution in [3.63, 3.8) is 0 Å². The van der Waals surface area contributed by atoms with Crippen LogP contribution in [0, 0.1) is 6.92 Å². The van der Waals surface area contributed by atoms with Crippen LogP contribution in [0.15, 0.2) is 12.3 Å². The maximum absolute atomic E-state index is 5.90. The van der Waals surface area contributed by atoms with Crippen molar-refractivity contribution in [3.05, 3.63) is 18.0 Å². The van der Waals surface area contributed by atoms with Gasteiger partial charge in [-0.15, -0.1) is 11.6 Å². The van der Waals surface area contributed by atoms with Gasteiger partial charge in [-0.1, -0.05) is 0 Å². The van der Waals surface area contributed by atoms with Gasteiger partial charge in [0, 0.05) is 30.4 Å². The number of rotatable bonds is 2. The second-order valence-corrected chi connectivity index (χ2v) is 3.95. The topological polar surface area (TPSA) is 29.0 Å². The van der Waals surface area contributed by atoms with Crippen molar-refractivity contribution < 1.29 is 0 Å². The summed E-state index contributed by atoms with van der Waals surface area (Å²) in [6.45, 7) is 3.01. The molecule has 76 valence electrons. The Kier molecular flexibility index (Phi) is 2.87. The van der Waals surface area contributed by atoms with Crippen LogP contribution < -0.4 is 4.90 Å². The molecule has 2 rings (SSSR count). The van der Waals surface area contributed by atoms with Gasteiger partial charge in [0.25, 0.3) is 0 Å². The Hall–Kier alpha value is -0.830. The molecule has 0 aliphatic carbocycles. The van der Waals surface area contributed by atoms with E-state index in [1.165, 1.54) is 6.42 Å². The number of halogens is 1. The van der Waals surface area contributed by atoms with Crippen molar-refractivity contribution in [2.75, 3.05) is 17.3 Å². The summed E-state index contributed by atoms with van der Waals surface area (Å²) in [6.07, 6.45) is 4.15. The first-order valence-electron chi connectivity index (χ1n) is 4.93. The van der Waals surface area contributed by atoms with E-state index in [2.05, 4.69) is 14.9 Å². The van der Waals surface area contributed by atoms with Crippen LogP contribution in [0.2, 0.25) is 0 Å². The van der Waals surface area contributed by atoms with Crippen LogP contribution in [-0.2, 0) is 0 Å². The molecule has 1 atom stereocenters. The molecule has 1 fully saturated rings. The lowest BCUT2D eigenvalue weighted by Crippen LogP contribution is -2.32. The number of aryl methyl sites for hydroxylation is 1. The third kappa shape index (κ3) is 1.82. The molecule has 0 amide bonds. The van der Waals surface area contributed by atoms with Gasteiger partial charge in [-0.2, -0.15) is 0 Å². The van der Waals surface area contributed by atoms with Gasteiger partial charge >= 0.3 is 0 Å². The van der Waals surface area contributed by atoms with Crippen LogP contribution in [0.3, 0.4) is 0 Å². The van der Waals surface area contributed by atoms with Gasteiger partial charge in [-0.05, 0) is 25.8 Å². The summed E-state index contributed by atoms with van der Waals surface area (Å²) in [5.41, 5.74) is 1.01. The molecule has 1 aromatic heterocycles. The number of anilines is 1. The zero-order chi connectivity index (χ0) is 9.97. The van der Waals surface area contributed by atoms with E-state index in [0.717, 1.165) is 24.6 Å². The van der Waals surface area contributed by atoms with E-state index < -0.39 is 0 Å². The molecule has 0 spiro atoms. The predicted molar refractivity (Wildman–Crippen MR) is 57.9 cm³/mol. The van der Waals surface area contributed by atoms with E-state index in [1.54, 1.807) is 6.20 Å². The van der Waals surface area contributed by atoms with Crippen LogP contribution in [0.5, 0.6) is 0 Å². The lowest BCUT2D eigenvalue weighted by atomic mass is 10.2. The maximum atomic E-state index is 5.90. The predicted octanol–water partition coefficient (Wildman–Crippen LogP) is 1.99. The zero-order valence-corrected chi connectivity index (χ0v) is 9.04. The molecule has 3 nitrogen and oxygen atoms in total. The molecule has 0 aromatic carbocycles. The van der Waals surface area contributed by atoms with E-state index in [-0.39, 0.29) is 0 Å². The third-order valence-corrected chi connectivity index (χ3v) is 2.95. The van der Waals surface area contributed by atoms with Crippen molar-refractivity contribution in [1.82, 2.24) is 9.97 Å². The molecule has 0 saturated carbocycles. The molecule has 0 bridgehead atoms. The van der Waals surface area contributed by atoms with Crippen molar-refractivity contribution in [2.45, 2.75) is 25.8 Å². The summed E-state index contributed by atoms with van der Waals surface area (Å²) >= 11 is 5.90. The van der Waals surface area contributed by atoms with Crippen molar-refractivity contribution in [3.8, 4) is 0 Å². The van der Waals surface area contributed by atoms with Gasteiger partial charge in [-0.25, -0.2) is 9.97 Å².